The van der Waals surface area contributed by atoms with Crippen LogP contribution in [0.15, 0.2) is 41.8 Å². The van der Waals surface area contributed by atoms with Crippen molar-refractivity contribution in [2.75, 3.05) is 6.54 Å². The van der Waals surface area contributed by atoms with E-state index in [2.05, 4.69) is 16.3 Å². The predicted octanol–water partition coefficient (Wildman–Crippen LogP) is 3.79. The van der Waals surface area contributed by atoms with Crippen LogP contribution in [0.2, 0.25) is 0 Å². The van der Waals surface area contributed by atoms with Crippen LogP contribution in [-0.4, -0.2) is 27.5 Å². The average Bonchev–Trinajstić information content (AvgIpc) is 3.28. The SMILES string of the molecule is O=C(CCc1cccs1)N1CCc2[nH]nc(-c3cccc(F)c3)c2C1. The van der Waals surface area contributed by atoms with Gasteiger partial charge in [-0.2, -0.15) is 5.10 Å². The van der Waals surface area contributed by atoms with Gasteiger partial charge in [0.2, 0.25) is 5.91 Å². The molecule has 1 amide bonds. The summed E-state index contributed by atoms with van der Waals surface area (Å²) in [6.07, 6.45) is 2.05. The summed E-state index contributed by atoms with van der Waals surface area (Å²) in [5.41, 5.74) is 3.53. The average molecular weight is 355 g/mol. The third-order valence-electron chi connectivity index (χ3n) is 4.55. The number of carbonyl (C=O) groups is 1. The number of hydrogen-bond donors (Lipinski definition) is 1. The molecule has 4 nitrogen and oxygen atoms in total. The molecule has 128 valence electrons. The number of thiophene rings is 1. The van der Waals surface area contributed by atoms with Gasteiger partial charge < -0.3 is 4.90 Å². The van der Waals surface area contributed by atoms with Crippen molar-refractivity contribution < 1.29 is 9.18 Å². The van der Waals surface area contributed by atoms with Gasteiger partial charge in [-0.05, 0) is 30.0 Å². The molecule has 3 heterocycles. The summed E-state index contributed by atoms with van der Waals surface area (Å²) in [6, 6.07) is 10.5. The molecular formula is C19H18FN3OS. The lowest BCUT2D eigenvalue weighted by molar-refractivity contribution is -0.132. The zero-order valence-electron chi connectivity index (χ0n) is 13.7. The molecule has 0 bridgehead atoms. The third-order valence-corrected chi connectivity index (χ3v) is 5.49. The van der Waals surface area contributed by atoms with Gasteiger partial charge in [-0.3, -0.25) is 9.89 Å². The molecule has 2 aromatic heterocycles. The van der Waals surface area contributed by atoms with Crippen LogP contribution in [0.1, 0.15) is 22.6 Å². The summed E-state index contributed by atoms with van der Waals surface area (Å²) in [4.78, 5) is 15.7. The smallest absolute Gasteiger partial charge is 0.223 e. The fourth-order valence-corrected chi connectivity index (χ4v) is 3.93. The summed E-state index contributed by atoms with van der Waals surface area (Å²) in [7, 11) is 0. The molecule has 0 spiro atoms. The van der Waals surface area contributed by atoms with Crippen molar-refractivity contribution in [1.29, 1.82) is 0 Å². The number of nitrogens with zero attached hydrogens (tertiary/aromatic N) is 2. The number of hydrogen-bond acceptors (Lipinski definition) is 3. The van der Waals surface area contributed by atoms with Crippen molar-refractivity contribution in [3.05, 3.63) is 63.7 Å². The van der Waals surface area contributed by atoms with Gasteiger partial charge in [-0.1, -0.05) is 18.2 Å². The Hall–Kier alpha value is -2.47. The molecule has 3 aromatic rings. The van der Waals surface area contributed by atoms with Crippen molar-refractivity contribution in [1.82, 2.24) is 15.1 Å². The van der Waals surface area contributed by atoms with Crippen LogP contribution in [-0.2, 0) is 24.2 Å². The number of carbonyl (C=O) groups excluding carboxylic acids is 1. The van der Waals surface area contributed by atoms with Gasteiger partial charge >= 0.3 is 0 Å². The van der Waals surface area contributed by atoms with E-state index in [9.17, 15) is 9.18 Å². The monoisotopic (exact) mass is 355 g/mol. The Morgan fingerprint density at radius 3 is 3.04 bits per heavy atom. The highest BCUT2D eigenvalue weighted by molar-refractivity contribution is 7.09. The van der Waals surface area contributed by atoms with Crippen molar-refractivity contribution >= 4 is 17.2 Å². The topological polar surface area (TPSA) is 49.0 Å². The fraction of sp³-hybridized carbons (Fsp3) is 0.263. The minimum atomic E-state index is -0.283. The number of aryl methyl sites for hydroxylation is 1. The molecule has 1 aliphatic heterocycles. The molecule has 0 saturated heterocycles. The number of aromatic amines is 1. The Labute approximate surface area is 149 Å². The van der Waals surface area contributed by atoms with Gasteiger partial charge in [0, 0.05) is 47.6 Å². The molecule has 0 saturated carbocycles. The van der Waals surface area contributed by atoms with Crippen LogP contribution in [0.5, 0.6) is 0 Å². The van der Waals surface area contributed by atoms with E-state index in [1.165, 1.54) is 17.0 Å². The second-order valence-electron chi connectivity index (χ2n) is 6.18. The Kier molecular flexibility index (Phi) is 4.36. The molecule has 0 fully saturated rings. The first-order valence-corrected chi connectivity index (χ1v) is 9.21. The van der Waals surface area contributed by atoms with E-state index in [1.807, 2.05) is 22.4 Å². The maximum Gasteiger partial charge on any atom is 0.223 e. The van der Waals surface area contributed by atoms with Crippen LogP contribution in [0, 0.1) is 5.82 Å². The lowest BCUT2D eigenvalue weighted by atomic mass is 10.0. The van der Waals surface area contributed by atoms with Crippen LogP contribution in [0.4, 0.5) is 4.39 Å². The standard InChI is InChI=1S/C19H18FN3OS/c20-14-4-1-3-13(11-14)19-16-12-23(9-8-17(16)21-22-19)18(24)7-6-15-5-2-10-25-15/h1-5,10-11H,6-9,12H2,(H,21,22). The summed E-state index contributed by atoms with van der Waals surface area (Å²) in [5, 5.41) is 9.44. The van der Waals surface area contributed by atoms with Crippen molar-refractivity contribution in [2.45, 2.75) is 25.8 Å². The Bertz CT molecular complexity index is 888. The molecule has 0 radical (unpaired) electrons. The maximum atomic E-state index is 13.5. The maximum absolute atomic E-state index is 13.5. The number of halogens is 1. The quantitative estimate of drug-likeness (QED) is 0.774. The lowest BCUT2D eigenvalue weighted by Gasteiger charge is -2.27. The van der Waals surface area contributed by atoms with E-state index < -0.39 is 0 Å². The first-order valence-electron chi connectivity index (χ1n) is 8.33. The largest absolute Gasteiger partial charge is 0.338 e. The van der Waals surface area contributed by atoms with E-state index >= 15 is 0 Å². The van der Waals surface area contributed by atoms with Gasteiger partial charge in [0.15, 0.2) is 0 Å². The Balaban J connectivity index is 1.50. The fourth-order valence-electron chi connectivity index (χ4n) is 3.23. The highest BCUT2D eigenvalue weighted by atomic mass is 32.1. The molecule has 1 aliphatic rings. The molecule has 0 aliphatic carbocycles. The second kappa shape index (κ2) is 6.80. The molecule has 4 rings (SSSR count). The lowest BCUT2D eigenvalue weighted by Crippen LogP contribution is -2.36. The molecule has 0 atom stereocenters. The first-order chi connectivity index (χ1) is 12.2. The summed E-state index contributed by atoms with van der Waals surface area (Å²) in [6.45, 7) is 1.22. The van der Waals surface area contributed by atoms with Crippen molar-refractivity contribution in [3.8, 4) is 11.3 Å². The number of nitrogens with one attached hydrogen (secondary N) is 1. The van der Waals surface area contributed by atoms with Crippen LogP contribution >= 0.6 is 11.3 Å². The van der Waals surface area contributed by atoms with Gasteiger partial charge in [0.25, 0.3) is 0 Å². The van der Waals surface area contributed by atoms with Crippen LogP contribution in [0.3, 0.4) is 0 Å². The van der Waals surface area contributed by atoms with E-state index in [0.29, 0.717) is 19.5 Å². The van der Waals surface area contributed by atoms with Gasteiger partial charge in [-0.25, -0.2) is 4.39 Å². The first kappa shape index (κ1) is 16.0. The predicted molar refractivity (Wildman–Crippen MR) is 95.7 cm³/mol. The van der Waals surface area contributed by atoms with Crippen molar-refractivity contribution in [2.24, 2.45) is 0 Å². The number of fused-ring (bicyclic) bond motifs is 1. The second-order valence-corrected chi connectivity index (χ2v) is 7.22. The van der Waals surface area contributed by atoms with Crippen molar-refractivity contribution in [3.63, 3.8) is 0 Å². The third kappa shape index (κ3) is 3.35. The number of H-pyrrole nitrogens is 1. The summed E-state index contributed by atoms with van der Waals surface area (Å²) in [5.74, 6) is -0.126. The summed E-state index contributed by atoms with van der Waals surface area (Å²) >= 11 is 1.68. The number of aromatic nitrogens is 2. The highest BCUT2D eigenvalue weighted by Gasteiger charge is 2.25. The molecule has 25 heavy (non-hydrogen) atoms. The van der Waals surface area contributed by atoms with E-state index in [0.717, 1.165) is 35.4 Å². The molecule has 1 N–H and O–H groups in total. The molecule has 0 unspecified atom stereocenters. The highest BCUT2D eigenvalue weighted by Crippen LogP contribution is 2.29. The molecule has 1 aromatic carbocycles. The Morgan fingerprint density at radius 1 is 1.32 bits per heavy atom. The normalized spacial score (nSPS) is 13.7. The zero-order chi connectivity index (χ0) is 17.2. The van der Waals surface area contributed by atoms with Gasteiger partial charge in [-0.15, -0.1) is 11.3 Å². The minimum Gasteiger partial charge on any atom is -0.338 e. The van der Waals surface area contributed by atoms with Crippen LogP contribution in [0.25, 0.3) is 11.3 Å². The summed E-state index contributed by atoms with van der Waals surface area (Å²) < 4.78 is 13.5. The minimum absolute atomic E-state index is 0.158. The van der Waals surface area contributed by atoms with Gasteiger partial charge in [0.05, 0.1) is 5.69 Å². The Morgan fingerprint density at radius 2 is 2.24 bits per heavy atom. The molecular weight excluding hydrogens is 337 g/mol. The van der Waals surface area contributed by atoms with Crippen LogP contribution < -0.4 is 0 Å². The number of amides is 1. The van der Waals surface area contributed by atoms with E-state index in [1.54, 1.807) is 17.4 Å². The van der Waals surface area contributed by atoms with E-state index in [4.69, 9.17) is 0 Å². The zero-order valence-corrected chi connectivity index (χ0v) is 14.5. The van der Waals surface area contributed by atoms with E-state index in [-0.39, 0.29) is 11.7 Å². The number of benzene rings is 1. The molecule has 6 heteroatoms. The number of rotatable bonds is 4. The van der Waals surface area contributed by atoms with Gasteiger partial charge in [0.1, 0.15) is 5.82 Å².